The summed E-state index contributed by atoms with van der Waals surface area (Å²) >= 11 is 0. The molecule has 2 heterocycles. The van der Waals surface area contributed by atoms with Crippen LogP contribution in [0.15, 0.2) is 64.0 Å². The third-order valence-corrected chi connectivity index (χ3v) is 7.96. The van der Waals surface area contributed by atoms with E-state index in [1.807, 2.05) is 24.3 Å². The lowest BCUT2D eigenvalue weighted by Crippen LogP contribution is -2.46. The minimum Gasteiger partial charge on any atom is -0.497 e. The lowest BCUT2D eigenvalue weighted by molar-refractivity contribution is -0.124. The summed E-state index contributed by atoms with van der Waals surface area (Å²) in [6.07, 6.45) is 4.36. The van der Waals surface area contributed by atoms with Gasteiger partial charge in [-0.15, -0.1) is 0 Å². The van der Waals surface area contributed by atoms with Crippen molar-refractivity contribution < 1.29 is 22.5 Å². The lowest BCUT2D eigenvalue weighted by Gasteiger charge is -2.23. The van der Waals surface area contributed by atoms with Gasteiger partial charge in [-0.25, -0.2) is 8.42 Å². The molecule has 1 saturated heterocycles. The van der Waals surface area contributed by atoms with E-state index in [1.165, 1.54) is 4.31 Å². The van der Waals surface area contributed by atoms with Gasteiger partial charge in [-0.1, -0.05) is 29.8 Å². The molecule has 1 aromatic heterocycles. The number of methoxy groups -OCH3 is 1. The zero-order chi connectivity index (χ0) is 24.7. The predicted octanol–water partition coefficient (Wildman–Crippen LogP) is 3.43. The number of nitrogens with one attached hydrogen (secondary N) is 1. The molecule has 4 rings (SSSR count). The largest absolute Gasteiger partial charge is 0.497 e. The summed E-state index contributed by atoms with van der Waals surface area (Å²) < 4.78 is 37.7. The molecule has 1 atom stereocenters. The molecule has 2 aromatic carbocycles. The SMILES string of the molecule is COc1ccc(-c2noc(CCCCCNC(=O)C3CCCN3S(=O)(=O)c3ccccc3)n2)cc1. The molecule has 10 heteroatoms. The minimum atomic E-state index is -3.68. The zero-order valence-corrected chi connectivity index (χ0v) is 20.5. The molecule has 1 unspecified atom stereocenters. The van der Waals surface area contributed by atoms with Crippen LogP contribution >= 0.6 is 0 Å². The Morgan fingerprint density at radius 2 is 1.89 bits per heavy atom. The fraction of sp³-hybridized carbons (Fsp3) is 0.400. The number of hydrogen-bond acceptors (Lipinski definition) is 7. The van der Waals surface area contributed by atoms with Crippen molar-refractivity contribution in [3.05, 3.63) is 60.5 Å². The van der Waals surface area contributed by atoms with Gasteiger partial charge in [0, 0.05) is 25.1 Å². The van der Waals surface area contributed by atoms with E-state index in [0.717, 1.165) is 30.6 Å². The molecule has 186 valence electrons. The van der Waals surface area contributed by atoms with Gasteiger partial charge in [0.2, 0.25) is 27.6 Å². The number of rotatable bonds is 11. The van der Waals surface area contributed by atoms with E-state index in [-0.39, 0.29) is 10.8 Å². The molecule has 1 amide bonds. The fourth-order valence-corrected chi connectivity index (χ4v) is 5.82. The van der Waals surface area contributed by atoms with Crippen molar-refractivity contribution in [2.45, 2.75) is 49.5 Å². The number of nitrogens with zero attached hydrogens (tertiary/aromatic N) is 3. The maximum absolute atomic E-state index is 12.9. The van der Waals surface area contributed by atoms with Gasteiger partial charge in [0.05, 0.1) is 12.0 Å². The summed E-state index contributed by atoms with van der Waals surface area (Å²) in [6, 6.07) is 15.1. The van der Waals surface area contributed by atoms with Crippen LogP contribution in [0.4, 0.5) is 0 Å². The second kappa shape index (κ2) is 11.5. The van der Waals surface area contributed by atoms with Crippen LogP contribution in [0.2, 0.25) is 0 Å². The number of benzene rings is 2. The van der Waals surface area contributed by atoms with E-state index in [2.05, 4.69) is 15.5 Å². The Labute approximate surface area is 205 Å². The molecule has 1 fully saturated rings. The Balaban J connectivity index is 1.19. The maximum atomic E-state index is 12.9. The summed E-state index contributed by atoms with van der Waals surface area (Å²) in [7, 11) is -2.06. The first kappa shape index (κ1) is 24.9. The molecule has 1 aliphatic heterocycles. The molecular formula is C25H30N4O5S. The van der Waals surface area contributed by atoms with Crippen LogP contribution in [0.3, 0.4) is 0 Å². The molecule has 3 aromatic rings. The molecule has 9 nitrogen and oxygen atoms in total. The van der Waals surface area contributed by atoms with Gasteiger partial charge in [-0.05, 0) is 62.1 Å². The van der Waals surface area contributed by atoms with Gasteiger partial charge in [-0.3, -0.25) is 4.79 Å². The van der Waals surface area contributed by atoms with E-state index in [0.29, 0.717) is 44.1 Å². The Kier molecular flexibility index (Phi) is 8.14. The highest BCUT2D eigenvalue weighted by molar-refractivity contribution is 7.89. The van der Waals surface area contributed by atoms with Crippen molar-refractivity contribution in [1.29, 1.82) is 0 Å². The number of carbonyl (C=O) groups is 1. The monoisotopic (exact) mass is 498 g/mol. The van der Waals surface area contributed by atoms with Gasteiger partial charge in [0.1, 0.15) is 11.8 Å². The Morgan fingerprint density at radius 1 is 1.11 bits per heavy atom. The van der Waals surface area contributed by atoms with Crippen LogP contribution in [0.5, 0.6) is 5.75 Å². The predicted molar refractivity (Wildman–Crippen MR) is 130 cm³/mol. The number of carbonyl (C=O) groups excluding carboxylic acids is 1. The molecule has 35 heavy (non-hydrogen) atoms. The molecule has 0 saturated carbocycles. The topological polar surface area (TPSA) is 115 Å². The van der Waals surface area contributed by atoms with E-state index in [4.69, 9.17) is 9.26 Å². The van der Waals surface area contributed by atoms with E-state index in [1.54, 1.807) is 37.4 Å². The minimum absolute atomic E-state index is 0.218. The Bertz CT molecular complexity index is 1210. The van der Waals surface area contributed by atoms with E-state index in [9.17, 15) is 13.2 Å². The lowest BCUT2D eigenvalue weighted by atomic mass is 10.1. The maximum Gasteiger partial charge on any atom is 0.243 e. The van der Waals surface area contributed by atoms with Crippen molar-refractivity contribution >= 4 is 15.9 Å². The molecule has 0 radical (unpaired) electrons. The van der Waals surface area contributed by atoms with Crippen LogP contribution < -0.4 is 10.1 Å². The third-order valence-electron chi connectivity index (χ3n) is 6.04. The van der Waals surface area contributed by atoms with Crippen LogP contribution in [0, 0.1) is 0 Å². The highest BCUT2D eigenvalue weighted by Crippen LogP contribution is 2.26. The van der Waals surface area contributed by atoms with Gasteiger partial charge in [0.25, 0.3) is 0 Å². The number of ether oxygens (including phenoxy) is 1. The number of aryl methyl sites for hydroxylation is 1. The summed E-state index contributed by atoms with van der Waals surface area (Å²) in [6.45, 7) is 0.855. The summed E-state index contributed by atoms with van der Waals surface area (Å²) in [5.41, 5.74) is 0.860. The quantitative estimate of drug-likeness (QED) is 0.403. The zero-order valence-electron chi connectivity index (χ0n) is 19.7. The van der Waals surface area contributed by atoms with Crippen molar-refractivity contribution in [2.24, 2.45) is 0 Å². The van der Waals surface area contributed by atoms with Crippen molar-refractivity contribution in [1.82, 2.24) is 19.8 Å². The Hall–Kier alpha value is -3.24. The summed E-state index contributed by atoms with van der Waals surface area (Å²) in [5, 5.41) is 6.94. The van der Waals surface area contributed by atoms with Crippen LogP contribution in [0.25, 0.3) is 11.4 Å². The van der Waals surface area contributed by atoms with Crippen molar-refractivity contribution in [2.75, 3.05) is 20.2 Å². The third kappa shape index (κ3) is 6.07. The number of unbranched alkanes of at least 4 members (excludes halogenated alkanes) is 2. The smallest absolute Gasteiger partial charge is 0.243 e. The summed E-state index contributed by atoms with van der Waals surface area (Å²) in [5.74, 6) is 1.65. The second-order valence-corrected chi connectivity index (χ2v) is 10.3. The molecule has 0 spiro atoms. The molecule has 1 N–H and O–H groups in total. The number of aromatic nitrogens is 2. The number of amides is 1. The van der Waals surface area contributed by atoms with Gasteiger partial charge >= 0.3 is 0 Å². The number of sulfonamides is 1. The second-order valence-electron chi connectivity index (χ2n) is 8.43. The fourth-order valence-electron chi connectivity index (χ4n) is 4.14. The van der Waals surface area contributed by atoms with Gasteiger partial charge in [0.15, 0.2) is 0 Å². The normalized spacial score (nSPS) is 16.3. The molecule has 0 bridgehead atoms. The molecule has 1 aliphatic rings. The Morgan fingerprint density at radius 3 is 2.63 bits per heavy atom. The van der Waals surface area contributed by atoms with Crippen LogP contribution in [-0.4, -0.2) is 55.0 Å². The van der Waals surface area contributed by atoms with E-state index < -0.39 is 16.1 Å². The standard InChI is InChI=1S/C25H30N4O5S/c1-33-20-15-13-19(14-16-20)24-27-23(34-28-24)12-6-3-7-17-26-25(30)22-11-8-18-29(22)35(31,32)21-9-4-2-5-10-21/h2,4-5,9-10,13-16,22H,3,6-8,11-12,17-18H2,1H3,(H,26,30). The highest BCUT2D eigenvalue weighted by atomic mass is 32.2. The molecule has 0 aliphatic carbocycles. The first-order valence-electron chi connectivity index (χ1n) is 11.8. The summed E-state index contributed by atoms with van der Waals surface area (Å²) in [4.78, 5) is 17.4. The number of hydrogen-bond donors (Lipinski definition) is 1. The average Bonchev–Trinajstić information content (AvgIpc) is 3.57. The average molecular weight is 499 g/mol. The van der Waals surface area contributed by atoms with E-state index >= 15 is 0 Å². The van der Waals surface area contributed by atoms with Crippen LogP contribution in [-0.2, 0) is 21.2 Å². The van der Waals surface area contributed by atoms with Crippen LogP contribution in [0.1, 0.15) is 38.0 Å². The van der Waals surface area contributed by atoms with Gasteiger partial charge in [-0.2, -0.15) is 9.29 Å². The van der Waals surface area contributed by atoms with Crippen molar-refractivity contribution in [3.63, 3.8) is 0 Å². The van der Waals surface area contributed by atoms with Gasteiger partial charge < -0.3 is 14.6 Å². The first-order chi connectivity index (χ1) is 17.0. The highest BCUT2D eigenvalue weighted by Gasteiger charge is 2.39. The first-order valence-corrected chi connectivity index (χ1v) is 13.2. The van der Waals surface area contributed by atoms with Crippen molar-refractivity contribution in [3.8, 4) is 17.1 Å². The molecular weight excluding hydrogens is 468 g/mol.